The molecule has 2 unspecified atom stereocenters. The lowest BCUT2D eigenvalue weighted by Gasteiger charge is -2.31. The van der Waals surface area contributed by atoms with Crippen LogP contribution < -0.4 is 0 Å². The molecule has 0 N–H and O–H groups in total. The number of aliphatic imine (C=N–C) groups is 1. The standard InChI is InChI=1S/C19H21F3N2O3/c1-4-27-17(26)15-18(12-7-5-6-8-14(12)23-15)10-24(11(2)3)16(25)13(18)9-19(20,21)22/h5-8,11,13H,4,9-10H2,1-3H3. The van der Waals surface area contributed by atoms with Crippen molar-refractivity contribution in [2.45, 2.75) is 44.8 Å². The molecule has 0 saturated carbocycles. The quantitative estimate of drug-likeness (QED) is 0.750. The van der Waals surface area contributed by atoms with E-state index in [2.05, 4.69) is 4.99 Å². The molecular weight excluding hydrogens is 361 g/mol. The Morgan fingerprint density at radius 2 is 2.04 bits per heavy atom. The highest BCUT2D eigenvalue weighted by atomic mass is 19.4. The first kappa shape index (κ1) is 19.4. The summed E-state index contributed by atoms with van der Waals surface area (Å²) in [4.78, 5) is 31.3. The summed E-state index contributed by atoms with van der Waals surface area (Å²) in [7, 11) is 0. The fraction of sp³-hybridized carbons (Fsp3) is 0.526. The Labute approximate surface area is 155 Å². The van der Waals surface area contributed by atoms with Gasteiger partial charge >= 0.3 is 12.1 Å². The third-order valence-electron chi connectivity index (χ3n) is 5.16. The van der Waals surface area contributed by atoms with Crippen molar-refractivity contribution in [1.82, 2.24) is 4.90 Å². The van der Waals surface area contributed by atoms with Crippen molar-refractivity contribution in [3.63, 3.8) is 0 Å². The predicted octanol–water partition coefficient (Wildman–Crippen LogP) is 3.39. The SMILES string of the molecule is CCOC(=O)C1=Nc2ccccc2C12CN(C(C)C)C(=O)C2CC(F)(F)F. The van der Waals surface area contributed by atoms with Gasteiger partial charge in [0.25, 0.3) is 0 Å². The lowest BCUT2D eigenvalue weighted by Crippen LogP contribution is -2.47. The van der Waals surface area contributed by atoms with Crippen LogP contribution in [0.25, 0.3) is 0 Å². The lowest BCUT2D eigenvalue weighted by molar-refractivity contribution is -0.157. The van der Waals surface area contributed by atoms with Gasteiger partial charge in [-0.1, -0.05) is 18.2 Å². The Bertz CT molecular complexity index is 804. The van der Waals surface area contributed by atoms with Gasteiger partial charge in [-0.3, -0.25) is 4.79 Å². The highest BCUT2D eigenvalue weighted by Crippen LogP contribution is 2.52. The minimum atomic E-state index is -4.56. The maximum Gasteiger partial charge on any atom is 0.389 e. The second-order valence-electron chi connectivity index (χ2n) is 7.10. The summed E-state index contributed by atoms with van der Waals surface area (Å²) in [5.41, 5.74) is -0.694. The van der Waals surface area contributed by atoms with Gasteiger partial charge in [-0.25, -0.2) is 9.79 Å². The molecule has 2 aliphatic heterocycles. The molecule has 1 aromatic carbocycles. The molecule has 3 rings (SSSR count). The number of amides is 1. The summed E-state index contributed by atoms with van der Waals surface area (Å²) < 4.78 is 45.2. The van der Waals surface area contributed by atoms with Gasteiger partial charge in [0.15, 0.2) is 0 Å². The summed E-state index contributed by atoms with van der Waals surface area (Å²) in [5, 5.41) is 0. The van der Waals surface area contributed by atoms with E-state index in [4.69, 9.17) is 4.74 Å². The minimum Gasteiger partial charge on any atom is -0.461 e. The summed E-state index contributed by atoms with van der Waals surface area (Å²) in [5.74, 6) is -2.85. The smallest absolute Gasteiger partial charge is 0.389 e. The van der Waals surface area contributed by atoms with Gasteiger partial charge in [-0.05, 0) is 32.4 Å². The molecule has 2 aliphatic rings. The molecular formula is C19H21F3N2O3. The molecule has 1 amide bonds. The van der Waals surface area contributed by atoms with E-state index in [0.29, 0.717) is 11.3 Å². The molecule has 5 nitrogen and oxygen atoms in total. The van der Waals surface area contributed by atoms with E-state index in [-0.39, 0.29) is 24.9 Å². The average molecular weight is 382 g/mol. The van der Waals surface area contributed by atoms with E-state index < -0.39 is 35.8 Å². The van der Waals surface area contributed by atoms with Gasteiger partial charge in [0.1, 0.15) is 5.71 Å². The number of nitrogens with zero attached hydrogens (tertiary/aromatic N) is 2. The molecule has 1 fully saturated rings. The summed E-state index contributed by atoms with van der Waals surface area (Å²) >= 11 is 0. The van der Waals surface area contributed by atoms with E-state index in [1.54, 1.807) is 45.0 Å². The van der Waals surface area contributed by atoms with Gasteiger partial charge in [0.05, 0.1) is 30.0 Å². The number of hydrogen-bond donors (Lipinski definition) is 0. The van der Waals surface area contributed by atoms with Crippen molar-refractivity contribution in [3.8, 4) is 0 Å². The van der Waals surface area contributed by atoms with Crippen LogP contribution >= 0.6 is 0 Å². The molecule has 146 valence electrons. The average Bonchev–Trinajstić information content (AvgIpc) is 3.05. The summed E-state index contributed by atoms with van der Waals surface area (Å²) in [6.07, 6.45) is -5.88. The number of para-hydroxylation sites is 1. The minimum absolute atomic E-state index is 0.0289. The monoisotopic (exact) mass is 382 g/mol. The second-order valence-corrected chi connectivity index (χ2v) is 7.10. The highest BCUT2D eigenvalue weighted by molar-refractivity contribution is 6.43. The number of fused-ring (bicyclic) bond motifs is 2. The van der Waals surface area contributed by atoms with Crippen molar-refractivity contribution in [3.05, 3.63) is 29.8 Å². The third kappa shape index (κ3) is 3.11. The Morgan fingerprint density at radius 3 is 2.63 bits per heavy atom. The zero-order valence-corrected chi connectivity index (χ0v) is 15.3. The fourth-order valence-corrected chi connectivity index (χ4v) is 4.03. The Balaban J connectivity index is 2.21. The van der Waals surface area contributed by atoms with Crippen molar-refractivity contribution in [1.29, 1.82) is 0 Å². The molecule has 8 heteroatoms. The maximum atomic E-state index is 13.4. The molecule has 0 aromatic heterocycles. The first-order valence-corrected chi connectivity index (χ1v) is 8.85. The first-order chi connectivity index (χ1) is 12.6. The van der Waals surface area contributed by atoms with Crippen molar-refractivity contribution in [2.75, 3.05) is 13.2 Å². The maximum absolute atomic E-state index is 13.4. The van der Waals surface area contributed by atoms with Crippen molar-refractivity contribution in [2.24, 2.45) is 10.9 Å². The van der Waals surface area contributed by atoms with Gasteiger partial charge in [-0.15, -0.1) is 0 Å². The summed E-state index contributed by atoms with van der Waals surface area (Å²) in [6.45, 7) is 5.13. The van der Waals surface area contributed by atoms with Crippen LogP contribution in [0.15, 0.2) is 29.3 Å². The molecule has 2 heterocycles. The summed E-state index contributed by atoms with van der Waals surface area (Å²) in [6, 6.07) is 6.35. The van der Waals surface area contributed by atoms with Gasteiger partial charge in [0.2, 0.25) is 5.91 Å². The Morgan fingerprint density at radius 1 is 1.37 bits per heavy atom. The van der Waals surface area contributed by atoms with E-state index in [0.717, 1.165) is 0 Å². The Kier molecular flexibility index (Phi) is 4.78. The van der Waals surface area contributed by atoms with E-state index in [1.165, 1.54) is 4.90 Å². The number of carbonyl (C=O) groups excluding carboxylic acids is 2. The number of rotatable bonds is 4. The number of likely N-dealkylation sites (tertiary alicyclic amines) is 1. The molecule has 1 spiro atoms. The van der Waals surface area contributed by atoms with Crippen LogP contribution in [0.1, 0.15) is 32.8 Å². The molecule has 27 heavy (non-hydrogen) atoms. The first-order valence-electron chi connectivity index (χ1n) is 8.85. The Hall–Kier alpha value is -2.38. The number of halogens is 3. The number of alkyl halides is 3. The number of carbonyl (C=O) groups is 2. The largest absolute Gasteiger partial charge is 0.461 e. The van der Waals surface area contributed by atoms with Gasteiger partial charge < -0.3 is 9.64 Å². The molecule has 1 aromatic rings. The number of benzene rings is 1. The molecule has 0 aliphatic carbocycles. The second kappa shape index (κ2) is 6.65. The molecule has 1 saturated heterocycles. The predicted molar refractivity (Wildman–Crippen MR) is 92.9 cm³/mol. The number of hydrogen-bond acceptors (Lipinski definition) is 4. The normalized spacial score (nSPS) is 24.6. The van der Waals surface area contributed by atoms with E-state index >= 15 is 0 Å². The zero-order chi connectivity index (χ0) is 20.0. The van der Waals surface area contributed by atoms with E-state index in [1.807, 2.05) is 0 Å². The van der Waals surface area contributed by atoms with Crippen molar-refractivity contribution < 1.29 is 27.5 Å². The topological polar surface area (TPSA) is 59.0 Å². The van der Waals surface area contributed by atoms with Crippen LogP contribution in [0.5, 0.6) is 0 Å². The molecule has 0 radical (unpaired) electrons. The number of esters is 1. The number of ether oxygens (including phenoxy) is 1. The lowest BCUT2D eigenvalue weighted by atomic mass is 9.68. The van der Waals surface area contributed by atoms with Crippen LogP contribution in [0.4, 0.5) is 18.9 Å². The zero-order valence-electron chi connectivity index (χ0n) is 15.3. The van der Waals surface area contributed by atoms with Crippen LogP contribution in [-0.2, 0) is 19.7 Å². The van der Waals surface area contributed by atoms with Crippen molar-refractivity contribution >= 4 is 23.3 Å². The molecule has 0 bridgehead atoms. The van der Waals surface area contributed by atoms with Crippen LogP contribution in [0.3, 0.4) is 0 Å². The fourth-order valence-electron chi connectivity index (χ4n) is 4.03. The highest BCUT2D eigenvalue weighted by Gasteiger charge is 2.63. The van der Waals surface area contributed by atoms with Gasteiger partial charge in [-0.2, -0.15) is 13.2 Å². The van der Waals surface area contributed by atoms with Crippen LogP contribution in [0, 0.1) is 5.92 Å². The third-order valence-corrected chi connectivity index (χ3v) is 5.16. The van der Waals surface area contributed by atoms with E-state index in [9.17, 15) is 22.8 Å². The van der Waals surface area contributed by atoms with Crippen LogP contribution in [-0.4, -0.2) is 47.9 Å². The van der Waals surface area contributed by atoms with Gasteiger partial charge in [0, 0.05) is 12.6 Å². The molecule has 2 atom stereocenters. The van der Waals surface area contributed by atoms with Crippen LogP contribution in [0.2, 0.25) is 0 Å².